The van der Waals surface area contributed by atoms with Gasteiger partial charge in [0.2, 0.25) is 0 Å². The Kier molecular flexibility index (Phi) is 5.02. The summed E-state index contributed by atoms with van der Waals surface area (Å²) in [5.74, 6) is 3.02. The second-order valence-electron chi connectivity index (χ2n) is 6.34. The average Bonchev–Trinajstić information content (AvgIpc) is 3.41. The summed E-state index contributed by atoms with van der Waals surface area (Å²) in [5.41, 5.74) is 2.23. The predicted molar refractivity (Wildman–Crippen MR) is 106 cm³/mol. The SMILES string of the molecule is COc1ccc(-c2n[nH]c(CNC(=O)c3ccc(-c4n[nH]c(C)n4)cc3)n2)cc1. The number of hydrogen-bond acceptors (Lipinski definition) is 6. The molecule has 3 N–H and O–H groups in total. The van der Waals surface area contributed by atoms with E-state index in [-0.39, 0.29) is 12.5 Å². The number of ether oxygens (including phenoxy) is 1. The molecule has 0 fully saturated rings. The van der Waals surface area contributed by atoms with E-state index in [9.17, 15) is 4.79 Å². The number of nitrogens with one attached hydrogen (secondary N) is 3. The summed E-state index contributed by atoms with van der Waals surface area (Å²) in [6, 6.07) is 14.5. The first-order valence-corrected chi connectivity index (χ1v) is 8.96. The Morgan fingerprint density at radius 2 is 1.55 bits per heavy atom. The Morgan fingerprint density at radius 1 is 0.931 bits per heavy atom. The van der Waals surface area contributed by atoms with Gasteiger partial charge in [0.05, 0.1) is 13.7 Å². The number of carbonyl (C=O) groups excluding carboxylic acids is 1. The molecule has 2 heterocycles. The average molecular weight is 389 g/mol. The molecule has 2 aromatic heterocycles. The quantitative estimate of drug-likeness (QED) is 0.466. The van der Waals surface area contributed by atoms with Gasteiger partial charge < -0.3 is 10.1 Å². The third-order valence-corrected chi connectivity index (χ3v) is 4.30. The maximum atomic E-state index is 12.4. The van der Waals surface area contributed by atoms with E-state index in [2.05, 4.69) is 35.7 Å². The van der Waals surface area contributed by atoms with E-state index in [1.165, 1.54) is 0 Å². The highest BCUT2D eigenvalue weighted by molar-refractivity contribution is 5.94. The summed E-state index contributed by atoms with van der Waals surface area (Å²) in [5, 5.41) is 16.8. The van der Waals surface area contributed by atoms with Crippen LogP contribution >= 0.6 is 0 Å². The highest BCUT2D eigenvalue weighted by atomic mass is 16.5. The Hall–Kier alpha value is -4.01. The molecule has 1 amide bonds. The van der Waals surface area contributed by atoms with Gasteiger partial charge in [-0.2, -0.15) is 10.2 Å². The first-order chi connectivity index (χ1) is 14.1. The number of aromatic nitrogens is 6. The molecule has 0 spiro atoms. The van der Waals surface area contributed by atoms with Crippen LogP contribution < -0.4 is 10.1 Å². The second-order valence-corrected chi connectivity index (χ2v) is 6.34. The third kappa shape index (κ3) is 4.13. The van der Waals surface area contributed by atoms with Gasteiger partial charge in [0.15, 0.2) is 11.6 Å². The van der Waals surface area contributed by atoms with Crippen LogP contribution in [-0.2, 0) is 6.54 Å². The number of methoxy groups -OCH3 is 1. The summed E-state index contributed by atoms with van der Waals surface area (Å²) in [4.78, 5) is 21.1. The van der Waals surface area contributed by atoms with Crippen LogP contribution in [0.25, 0.3) is 22.8 Å². The van der Waals surface area contributed by atoms with Crippen molar-refractivity contribution in [1.82, 2.24) is 35.7 Å². The molecule has 0 saturated carbocycles. The van der Waals surface area contributed by atoms with Gasteiger partial charge in [-0.3, -0.25) is 15.0 Å². The van der Waals surface area contributed by atoms with Crippen molar-refractivity contribution in [1.29, 1.82) is 0 Å². The number of rotatable bonds is 6. The van der Waals surface area contributed by atoms with Crippen LogP contribution in [0.1, 0.15) is 22.0 Å². The van der Waals surface area contributed by atoms with Gasteiger partial charge in [-0.05, 0) is 43.3 Å². The lowest BCUT2D eigenvalue weighted by Gasteiger charge is -2.04. The zero-order valence-electron chi connectivity index (χ0n) is 15.9. The monoisotopic (exact) mass is 389 g/mol. The number of aromatic amines is 2. The normalized spacial score (nSPS) is 10.7. The minimum Gasteiger partial charge on any atom is -0.497 e. The predicted octanol–water partition coefficient (Wildman–Crippen LogP) is 2.50. The van der Waals surface area contributed by atoms with Crippen molar-refractivity contribution in [3.63, 3.8) is 0 Å². The fourth-order valence-corrected chi connectivity index (χ4v) is 2.75. The molecule has 4 aromatic rings. The zero-order chi connectivity index (χ0) is 20.2. The minimum absolute atomic E-state index is 0.204. The van der Waals surface area contributed by atoms with E-state index in [0.29, 0.717) is 23.0 Å². The van der Waals surface area contributed by atoms with Crippen molar-refractivity contribution in [2.24, 2.45) is 0 Å². The Morgan fingerprint density at radius 3 is 2.17 bits per heavy atom. The van der Waals surface area contributed by atoms with Crippen molar-refractivity contribution in [3.8, 4) is 28.5 Å². The van der Waals surface area contributed by atoms with E-state index in [1.54, 1.807) is 19.2 Å². The number of nitrogens with zero attached hydrogens (tertiary/aromatic N) is 4. The molecular weight excluding hydrogens is 370 g/mol. The van der Waals surface area contributed by atoms with Crippen LogP contribution in [0.15, 0.2) is 48.5 Å². The Balaban J connectivity index is 1.37. The van der Waals surface area contributed by atoms with Crippen LogP contribution in [0.5, 0.6) is 5.75 Å². The topological polar surface area (TPSA) is 121 Å². The van der Waals surface area contributed by atoms with Crippen LogP contribution in [0, 0.1) is 6.92 Å². The van der Waals surface area contributed by atoms with Gasteiger partial charge >= 0.3 is 0 Å². The van der Waals surface area contributed by atoms with Crippen LogP contribution in [0.2, 0.25) is 0 Å². The molecule has 29 heavy (non-hydrogen) atoms. The number of H-pyrrole nitrogens is 2. The van der Waals surface area contributed by atoms with Crippen molar-refractivity contribution in [2.75, 3.05) is 7.11 Å². The highest BCUT2D eigenvalue weighted by Crippen LogP contribution is 2.19. The molecule has 0 unspecified atom stereocenters. The van der Waals surface area contributed by atoms with Gasteiger partial charge in [0.25, 0.3) is 5.91 Å². The molecule has 0 radical (unpaired) electrons. The summed E-state index contributed by atoms with van der Waals surface area (Å²) >= 11 is 0. The molecule has 0 atom stereocenters. The maximum Gasteiger partial charge on any atom is 0.251 e. The van der Waals surface area contributed by atoms with Gasteiger partial charge in [0, 0.05) is 16.7 Å². The van der Waals surface area contributed by atoms with Gasteiger partial charge in [0.1, 0.15) is 17.4 Å². The van der Waals surface area contributed by atoms with Crippen molar-refractivity contribution < 1.29 is 9.53 Å². The molecule has 4 rings (SSSR count). The van der Waals surface area contributed by atoms with Crippen molar-refractivity contribution >= 4 is 5.91 Å². The van der Waals surface area contributed by atoms with E-state index < -0.39 is 0 Å². The first-order valence-electron chi connectivity index (χ1n) is 8.96. The maximum absolute atomic E-state index is 12.4. The standard InChI is InChI=1S/C20H19N7O2/c1-12-22-18(26-24-12)13-3-5-15(6-4-13)20(28)21-11-17-23-19(27-25-17)14-7-9-16(29-2)10-8-14/h3-10H,11H2,1-2H3,(H,21,28)(H,22,24,26)(H,23,25,27). The number of hydrogen-bond donors (Lipinski definition) is 3. The van der Waals surface area contributed by atoms with Gasteiger partial charge in [-0.25, -0.2) is 9.97 Å². The summed E-state index contributed by atoms with van der Waals surface area (Å²) in [6.45, 7) is 2.08. The number of benzene rings is 2. The fourth-order valence-electron chi connectivity index (χ4n) is 2.75. The highest BCUT2D eigenvalue weighted by Gasteiger charge is 2.10. The molecule has 0 bridgehead atoms. The molecule has 0 aliphatic rings. The van der Waals surface area contributed by atoms with Crippen LogP contribution in [0.4, 0.5) is 0 Å². The van der Waals surface area contributed by atoms with Gasteiger partial charge in [-0.1, -0.05) is 12.1 Å². The smallest absolute Gasteiger partial charge is 0.251 e. The van der Waals surface area contributed by atoms with E-state index in [0.717, 1.165) is 22.7 Å². The Bertz CT molecular complexity index is 1110. The number of aryl methyl sites for hydroxylation is 1. The van der Waals surface area contributed by atoms with Crippen LogP contribution in [-0.4, -0.2) is 43.4 Å². The zero-order valence-corrected chi connectivity index (χ0v) is 15.9. The molecule has 0 aliphatic heterocycles. The largest absolute Gasteiger partial charge is 0.497 e. The van der Waals surface area contributed by atoms with Crippen molar-refractivity contribution in [2.45, 2.75) is 13.5 Å². The third-order valence-electron chi connectivity index (χ3n) is 4.30. The van der Waals surface area contributed by atoms with E-state index in [1.807, 2.05) is 43.3 Å². The molecule has 146 valence electrons. The molecule has 9 nitrogen and oxygen atoms in total. The molecule has 0 saturated heterocycles. The summed E-state index contributed by atoms with van der Waals surface area (Å²) in [7, 11) is 1.62. The lowest BCUT2D eigenvalue weighted by molar-refractivity contribution is 0.0950. The second kappa shape index (κ2) is 7.93. The summed E-state index contributed by atoms with van der Waals surface area (Å²) < 4.78 is 5.15. The van der Waals surface area contributed by atoms with Crippen LogP contribution in [0.3, 0.4) is 0 Å². The summed E-state index contributed by atoms with van der Waals surface area (Å²) in [6.07, 6.45) is 0. The number of carbonyl (C=O) groups is 1. The minimum atomic E-state index is -0.204. The molecule has 2 aromatic carbocycles. The fraction of sp³-hybridized carbons (Fsp3) is 0.150. The van der Waals surface area contributed by atoms with E-state index >= 15 is 0 Å². The number of amides is 1. The lowest BCUT2D eigenvalue weighted by Crippen LogP contribution is -2.23. The molecule has 0 aliphatic carbocycles. The molecule has 9 heteroatoms. The van der Waals surface area contributed by atoms with Gasteiger partial charge in [-0.15, -0.1) is 0 Å². The lowest BCUT2D eigenvalue weighted by atomic mass is 10.1. The van der Waals surface area contributed by atoms with Crippen molar-refractivity contribution in [3.05, 3.63) is 65.7 Å². The Labute approximate surface area is 166 Å². The first kappa shape index (κ1) is 18.4. The molecular formula is C20H19N7O2. The van der Waals surface area contributed by atoms with E-state index in [4.69, 9.17) is 4.74 Å².